The first-order valence-corrected chi connectivity index (χ1v) is 6.43. The van der Waals surface area contributed by atoms with Crippen LogP contribution in [0, 0.1) is 0 Å². The molecule has 1 unspecified atom stereocenters. The number of hydrogen-bond donors (Lipinski definition) is 2. The highest BCUT2D eigenvalue weighted by Crippen LogP contribution is 2.31. The van der Waals surface area contributed by atoms with Crippen LogP contribution in [0.2, 0.25) is 0 Å². The van der Waals surface area contributed by atoms with Crippen LogP contribution in [-0.2, 0) is 0 Å². The van der Waals surface area contributed by atoms with Crippen molar-refractivity contribution >= 4 is 29.2 Å². The summed E-state index contributed by atoms with van der Waals surface area (Å²) in [6.07, 6.45) is 0. The number of amides is 1. The molecule has 1 aromatic carbocycles. The summed E-state index contributed by atoms with van der Waals surface area (Å²) in [5.41, 5.74) is 3.31. The van der Waals surface area contributed by atoms with Crippen molar-refractivity contribution in [1.82, 2.24) is 10.4 Å². The second-order valence-electron chi connectivity index (χ2n) is 3.92. The van der Waals surface area contributed by atoms with E-state index in [2.05, 4.69) is 10.5 Å². The van der Waals surface area contributed by atoms with Gasteiger partial charge in [-0.3, -0.25) is 15.5 Å². The smallest absolute Gasteiger partial charge is 0.257 e. The van der Waals surface area contributed by atoms with Gasteiger partial charge in [0.2, 0.25) is 0 Å². The molecule has 5 nitrogen and oxygen atoms in total. The highest BCUT2D eigenvalue weighted by Gasteiger charge is 2.36. The third kappa shape index (κ3) is 1.60. The first kappa shape index (κ1) is 10.6. The van der Waals surface area contributed by atoms with Gasteiger partial charge in [0.25, 0.3) is 5.91 Å². The molecule has 2 heterocycles. The van der Waals surface area contributed by atoms with Gasteiger partial charge in [-0.2, -0.15) is 0 Å². The summed E-state index contributed by atoms with van der Waals surface area (Å²) in [6.45, 7) is 0. The molecule has 1 saturated heterocycles. The average molecular weight is 249 g/mol. The minimum Gasteiger partial charge on any atom is -0.318 e. The predicted molar refractivity (Wildman–Crippen MR) is 65.7 cm³/mol. The lowest BCUT2D eigenvalue weighted by Gasteiger charge is -2.21. The van der Waals surface area contributed by atoms with E-state index in [4.69, 9.17) is 5.21 Å². The predicted octanol–water partition coefficient (Wildman–Crippen LogP) is 1.22. The van der Waals surface area contributed by atoms with Crippen LogP contribution in [0.1, 0.15) is 10.4 Å². The van der Waals surface area contributed by atoms with E-state index in [-0.39, 0.29) is 11.9 Å². The van der Waals surface area contributed by atoms with Crippen LogP contribution < -0.4 is 5.48 Å². The molecule has 0 saturated carbocycles. The molecule has 0 spiro atoms. The molecule has 17 heavy (non-hydrogen) atoms. The summed E-state index contributed by atoms with van der Waals surface area (Å²) in [7, 11) is 0. The van der Waals surface area contributed by atoms with E-state index in [1.807, 2.05) is 12.1 Å². The number of amidine groups is 1. The van der Waals surface area contributed by atoms with E-state index in [1.54, 1.807) is 28.8 Å². The quantitative estimate of drug-likeness (QED) is 0.679. The van der Waals surface area contributed by atoms with Crippen molar-refractivity contribution in [2.24, 2.45) is 4.99 Å². The zero-order chi connectivity index (χ0) is 11.8. The van der Waals surface area contributed by atoms with Gasteiger partial charge in [-0.05, 0) is 12.1 Å². The number of carbonyl (C=O) groups excluding carboxylic acids is 1. The Morgan fingerprint density at radius 2 is 2.29 bits per heavy atom. The Kier molecular flexibility index (Phi) is 2.53. The fourth-order valence-corrected chi connectivity index (χ4v) is 3.24. The molecule has 1 atom stereocenters. The first-order valence-electron chi connectivity index (χ1n) is 5.27. The van der Waals surface area contributed by atoms with Gasteiger partial charge in [0.1, 0.15) is 11.9 Å². The zero-order valence-electron chi connectivity index (χ0n) is 8.96. The highest BCUT2D eigenvalue weighted by atomic mass is 32.2. The van der Waals surface area contributed by atoms with Crippen LogP contribution >= 0.6 is 11.8 Å². The Morgan fingerprint density at radius 1 is 1.47 bits per heavy atom. The fraction of sp³-hybridized carbons (Fsp3) is 0.273. The van der Waals surface area contributed by atoms with Gasteiger partial charge in [0.15, 0.2) is 0 Å². The number of para-hydroxylation sites is 1. The van der Waals surface area contributed by atoms with E-state index in [1.165, 1.54) is 0 Å². The third-order valence-electron chi connectivity index (χ3n) is 2.95. The van der Waals surface area contributed by atoms with Gasteiger partial charge in [0.05, 0.1) is 17.1 Å². The second kappa shape index (κ2) is 4.05. The summed E-state index contributed by atoms with van der Waals surface area (Å²) in [5.74, 6) is 1.81. The maximum absolute atomic E-state index is 12.3. The molecule has 1 aromatic rings. The van der Waals surface area contributed by atoms with E-state index in [0.29, 0.717) is 23.0 Å². The Labute approximate surface area is 102 Å². The van der Waals surface area contributed by atoms with Gasteiger partial charge < -0.3 is 4.90 Å². The standard InChI is InChI=1S/C11H11N3O2S/c15-11-7-3-1-2-4-8(7)12-10(13-16)9-5-17-6-14(9)11/h1-4,9,16H,5-6H2,(H,12,13). The largest absolute Gasteiger partial charge is 0.318 e. The second-order valence-corrected chi connectivity index (χ2v) is 4.92. The molecular formula is C11H11N3O2S. The van der Waals surface area contributed by atoms with Crippen molar-refractivity contribution in [3.05, 3.63) is 29.8 Å². The summed E-state index contributed by atoms with van der Waals surface area (Å²) >= 11 is 1.66. The monoisotopic (exact) mass is 249 g/mol. The van der Waals surface area contributed by atoms with E-state index in [9.17, 15) is 4.79 Å². The summed E-state index contributed by atoms with van der Waals surface area (Å²) in [4.78, 5) is 18.4. The summed E-state index contributed by atoms with van der Waals surface area (Å²) < 4.78 is 0. The number of nitrogens with one attached hydrogen (secondary N) is 1. The minimum atomic E-state index is -0.162. The molecule has 1 fully saturated rings. The molecule has 2 aliphatic heterocycles. The molecule has 6 heteroatoms. The third-order valence-corrected chi connectivity index (χ3v) is 3.96. The van der Waals surface area contributed by atoms with Crippen LogP contribution in [0.15, 0.2) is 29.3 Å². The molecule has 0 aliphatic carbocycles. The number of carbonyl (C=O) groups is 1. The molecule has 2 aliphatic rings. The molecule has 0 bridgehead atoms. The number of hydroxylamine groups is 1. The van der Waals surface area contributed by atoms with Crippen molar-refractivity contribution in [3.8, 4) is 0 Å². The number of benzene rings is 1. The van der Waals surface area contributed by atoms with Gasteiger partial charge in [-0.1, -0.05) is 12.1 Å². The zero-order valence-corrected chi connectivity index (χ0v) is 9.78. The fourth-order valence-electron chi connectivity index (χ4n) is 2.08. The maximum Gasteiger partial charge on any atom is 0.257 e. The van der Waals surface area contributed by atoms with Gasteiger partial charge >= 0.3 is 0 Å². The summed E-state index contributed by atoms with van der Waals surface area (Å²) in [5, 5.41) is 9.15. The number of thioether (sulfide) groups is 1. The van der Waals surface area contributed by atoms with Crippen LogP contribution in [0.4, 0.5) is 5.69 Å². The number of fused-ring (bicyclic) bond motifs is 2. The normalized spacial score (nSPS) is 22.6. The average Bonchev–Trinajstić information content (AvgIpc) is 2.81. The molecule has 2 N–H and O–H groups in total. The maximum atomic E-state index is 12.3. The van der Waals surface area contributed by atoms with E-state index < -0.39 is 0 Å². The number of hydrogen-bond acceptors (Lipinski definition) is 5. The molecule has 3 rings (SSSR count). The van der Waals surface area contributed by atoms with Crippen molar-refractivity contribution in [1.29, 1.82) is 0 Å². The topological polar surface area (TPSA) is 64.9 Å². The number of nitrogens with zero attached hydrogens (tertiary/aromatic N) is 2. The number of rotatable bonds is 0. The van der Waals surface area contributed by atoms with Crippen LogP contribution in [0.25, 0.3) is 0 Å². The van der Waals surface area contributed by atoms with E-state index >= 15 is 0 Å². The first-order chi connectivity index (χ1) is 8.31. The molecular weight excluding hydrogens is 238 g/mol. The van der Waals surface area contributed by atoms with Gasteiger partial charge in [0, 0.05) is 5.75 Å². The number of aliphatic imine (C=N–C) groups is 1. The lowest BCUT2D eigenvalue weighted by Crippen LogP contribution is -2.45. The Bertz CT molecular complexity index is 503. The lowest BCUT2D eigenvalue weighted by molar-refractivity contribution is 0.0777. The van der Waals surface area contributed by atoms with Crippen LogP contribution in [-0.4, -0.2) is 39.5 Å². The SMILES string of the molecule is O=C1c2ccccc2N=C(NO)C2CSCN12. The highest BCUT2D eigenvalue weighted by molar-refractivity contribution is 7.99. The molecule has 0 radical (unpaired) electrons. The Balaban J connectivity index is 2.15. The minimum absolute atomic E-state index is 0.0235. The van der Waals surface area contributed by atoms with Crippen molar-refractivity contribution in [3.63, 3.8) is 0 Å². The summed E-state index contributed by atoms with van der Waals surface area (Å²) in [6, 6.07) is 7.03. The van der Waals surface area contributed by atoms with Crippen molar-refractivity contribution in [2.75, 3.05) is 11.6 Å². The lowest BCUT2D eigenvalue weighted by atomic mass is 10.1. The van der Waals surface area contributed by atoms with Gasteiger partial charge in [-0.25, -0.2) is 4.99 Å². The molecule has 0 aromatic heterocycles. The molecule has 1 amide bonds. The Morgan fingerprint density at radius 3 is 3.12 bits per heavy atom. The molecule has 88 valence electrons. The van der Waals surface area contributed by atoms with E-state index in [0.717, 1.165) is 5.75 Å². The Hall–Kier alpha value is -1.53. The van der Waals surface area contributed by atoms with Crippen molar-refractivity contribution in [2.45, 2.75) is 6.04 Å². The van der Waals surface area contributed by atoms with Crippen LogP contribution in [0.3, 0.4) is 0 Å². The van der Waals surface area contributed by atoms with Gasteiger partial charge in [-0.15, -0.1) is 11.8 Å². The van der Waals surface area contributed by atoms with Crippen molar-refractivity contribution < 1.29 is 10.0 Å². The van der Waals surface area contributed by atoms with Crippen LogP contribution in [0.5, 0.6) is 0 Å².